The lowest BCUT2D eigenvalue weighted by molar-refractivity contribution is 1.52. The van der Waals surface area contributed by atoms with E-state index in [1.54, 1.807) is 0 Å². The van der Waals surface area contributed by atoms with Gasteiger partial charge in [0.25, 0.3) is 0 Å². The number of aryl methyl sites for hydroxylation is 1. The molecule has 98 valence electrons. The van der Waals surface area contributed by atoms with Crippen molar-refractivity contribution in [2.24, 2.45) is 0 Å². The Bertz CT molecular complexity index is 967. The van der Waals surface area contributed by atoms with Crippen LogP contribution in [0, 0.1) is 6.92 Å². The molecule has 2 heterocycles. The molecule has 2 heteroatoms. The summed E-state index contributed by atoms with van der Waals surface area (Å²) in [6, 6.07) is 13.6. The second kappa shape index (κ2) is 4.44. The Morgan fingerprint density at radius 2 is 1.50 bits per heavy atom. The van der Waals surface area contributed by atoms with E-state index in [4.69, 9.17) is 0 Å². The lowest BCUT2D eigenvalue weighted by Crippen LogP contribution is -1.69. The fourth-order valence-corrected chi connectivity index (χ4v) is 5.48. The van der Waals surface area contributed by atoms with Crippen LogP contribution in [0.4, 0.5) is 0 Å². The summed E-state index contributed by atoms with van der Waals surface area (Å²) in [6.45, 7) is 4.22. The molecular weight excluding hydrogens is 280 g/mol. The van der Waals surface area contributed by atoms with E-state index in [9.17, 15) is 0 Å². The summed E-state index contributed by atoms with van der Waals surface area (Å²) in [5.41, 5.74) is 2.63. The molecule has 0 nitrogen and oxygen atoms in total. The molecule has 0 unspecified atom stereocenters. The zero-order valence-corrected chi connectivity index (χ0v) is 13.1. The Labute approximate surface area is 126 Å². The molecule has 0 spiro atoms. The van der Waals surface area contributed by atoms with Gasteiger partial charge in [0.15, 0.2) is 0 Å². The predicted octanol–water partition coefficient (Wildman–Crippen LogP) is 6.61. The molecule has 4 aromatic rings. The van der Waals surface area contributed by atoms with E-state index in [0.29, 0.717) is 0 Å². The molecule has 0 saturated carbocycles. The van der Waals surface area contributed by atoms with Crippen molar-refractivity contribution in [3.05, 3.63) is 53.6 Å². The molecule has 2 aromatic carbocycles. The summed E-state index contributed by atoms with van der Waals surface area (Å²) < 4.78 is 5.69. The Hall–Kier alpha value is -1.64. The molecule has 0 bridgehead atoms. The normalized spacial score (nSPS) is 12.3. The molecule has 0 atom stereocenters. The summed E-state index contributed by atoms with van der Waals surface area (Å²) in [7, 11) is 0. The number of rotatable bonds is 1. The summed E-state index contributed by atoms with van der Waals surface area (Å²) in [5.74, 6) is 0. The van der Waals surface area contributed by atoms with E-state index in [1.165, 1.54) is 40.7 Å². The molecule has 4 rings (SSSR count). The first-order valence-corrected chi connectivity index (χ1v) is 8.37. The molecular formula is C18H14S2. The maximum absolute atomic E-state index is 2.30. The van der Waals surface area contributed by atoms with Crippen molar-refractivity contribution in [1.29, 1.82) is 0 Å². The summed E-state index contributed by atoms with van der Waals surface area (Å²) in [6.07, 6.45) is 4.25. The van der Waals surface area contributed by atoms with Crippen LogP contribution < -0.4 is 0 Å². The van der Waals surface area contributed by atoms with Gasteiger partial charge in [-0.3, -0.25) is 0 Å². The molecule has 0 aliphatic carbocycles. The first-order valence-electron chi connectivity index (χ1n) is 6.74. The highest BCUT2D eigenvalue weighted by Crippen LogP contribution is 2.44. The van der Waals surface area contributed by atoms with Crippen molar-refractivity contribution in [2.45, 2.75) is 13.8 Å². The second-order valence-electron chi connectivity index (χ2n) is 5.12. The zero-order chi connectivity index (χ0) is 13.7. The van der Waals surface area contributed by atoms with Gasteiger partial charge in [-0.25, -0.2) is 0 Å². The minimum atomic E-state index is 1.29. The average Bonchev–Trinajstić information content (AvgIpc) is 2.93. The van der Waals surface area contributed by atoms with E-state index >= 15 is 0 Å². The standard InChI is InChI=1S/C18H14S2/c1-3-4-12-6-8-14-16(10-12)20-17-13-7-5-11(2)9-15(13)19-18(14)17/h3-10H,1-2H3. The van der Waals surface area contributed by atoms with Crippen LogP contribution in [0.2, 0.25) is 0 Å². The summed E-state index contributed by atoms with van der Waals surface area (Å²) in [4.78, 5) is 0. The van der Waals surface area contributed by atoms with Gasteiger partial charge >= 0.3 is 0 Å². The van der Waals surface area contributed by atoms with Crippen LogP contribution in [-0.4, -0.2) is 0 Å². The van der Waals surface area contributed by atoms with Crippen molar-refractivity contribution in [3.63, 3.8) is 0 Å². The lowest BCUT2D eigenvalue weighted by atomic mass is 10.1. The predicted molar refractivity (Wildman–Crippen MR) is 94.2 cm³/mol. The monoisotopic (exact) mass is 294 g/mol. The van der Waals surface area contributed by atoms with Gasteiger partial charge in [-0.05, 0) is 37.1 Å². The van der Waals surface area contributed by atoms with Crippen LogP contribution in [0.1, 0.15) is 18.1 Å². The number of fused-ring (bicyclic) bond motifs is 5. The van der Waals surface area contributed by atoms with Gasteiger partial charge in [0, 0.05) is 20.2 Å². The third kappa shape index (κ3) is 1.72. The van der Waals surface area contributed by atoms with Crippen LogP contribution >= 0.6 is 22.7 Å². The van der Waals surface area contributed by atoms with Crippen molar-refractivity contribution >= 4 is 58.3 Å². The third-order valence-corrected chi connectivity index (χ3v) is 6.12. The maximum atomic E-state index is 2.30. The Morgan fingerprint density at radius 1 is 0.850 bits per heavy atom. The molecule has 0 fully saturated rings. The number of hydrogen-bond donors (Lipinski definition) is 0. The van der Waals surface area contributed by atoms with Crippen LogP contribution in [0.25, 0.3) is 35.6 Å². The Morgan fingerprint density at radius 3 is 2.20 bits per heavy atom. The lowest BCUT2D eigenvalue weighted by Gasteiger charge is -1.94. The fraction of sp³-hybridized carbons (Fsp3) is 0.111. The van der Waals surface area contributed by atoms with Crippen LogP contribution in [0.3, 0.4) is 0 Å². The molecule has 0 radical (unpaired) electrons. The van der Waals surface area contributed by atoms with E-state index in [0.717, 1.165) is 0 Å². The van der Waals surface area contributed by atoms with Crippen molar-refractivity contribution < 1.29 is 0 Å². The molecule has 0 aliphatic rings. The number of thiophene rings is 2. The van der Waals surface area contributed by atoms with Gasteiger partial charge in [0.2, 0.25) is 0 Å². The first-order chi connectivity index (χ1) is 9.76. The third-order valence-electron chi connectivity index (χ3n) is 3.62. The first kappa shape index (κ1) is 12.1. The Kier molecular flexibility index (Phi) is 2.69. The van der Waals surface area contributed by atoms with Gasteiger partial charge in [-0.2, -0.15) is 0 Å². The van der Waals surface area contributed by atoms with E-state index in [-0.39, 0.29) is 0 Å². The van der Waals surface area contributed by atoms with Crippen LogP contribution in [0.15, 0.2) is 42.5 Å². The quantitative estimate of drug-likeness (QED) is 0.370. The van der Waals surface area contributed by atoms with Crippen LogP contribution in [0.5, 0.6) is 0 Å². The van der Waals surface area contributed by atoms with Gasteiger partial charge in [0.05, 0.1) is 9.40 Å². The highest BCUT2D eigenvalue weighted by Gasteiger charge is 2.11. The molecule has 0 N–H and O–H groups in total. The van der Waals surface area contributed by atoms with Gasteiger partial charge < -0.3 is 0 Å². The maximum Gasteiger partial charge on any atom is 0.0542 e. The molecule has 0 amide bonds. The second-order valence-corrected chi connectivity index (χ2v) is 7.22. The topological polar surface area (TPSA) is 0 Å². The highest BCUT2D eigenvalue weighted by molar-refractivity contribution is 7.36. The van der Waals surface area contributed by atoms with Crippen molar-refractivity contribution in [1.82, 2.24) is 0 Å². The zero-order valence-electron chi connectivity index (χ0n) is 11.4. The van der Waals surface area contributed by atoms with Gasteiger partial charge in [0.1, 0.15) is 0 Å². The Balaban J connectivity index is 2.09. The van der Waals surface area contributed by atoms with Crippen LogP contribution in [-0.2, 0) is 0 Å². The minimum Gasteiger partial charge on any atom is -0.134 e. The number of benzene rings is 2. The minimum absolute atomic E-state index is 1.29. The van der Waals surface area contributed by atoms with Crippen molar-refractivity contribution in [2.75, 3.05) is 0 Å². The summed E-state index contributed by atoms with van der Waals surface area (Å²) >= 11 is 3.84. The van der Waals surface area contributed by atoms with Gasteiger partial charge in [-0.15, -0.1) is 22.7 Å². The molecule has 0 aliphatic heterocycles. The number of hydrogen-bond acceptors (Lipinski definition) is 2. The van der Waals surface area contributed by atoms with E-state index in [2.05, 4.69) is 62.4 Å². The largest absolute Gasteiger partial charge is 0.134 e. The molecule has 0 saturated heterocycles. The van der Waals surface area contributed by atoms with Crippen molar-refractivity contribution in [3.8, 4) is 0 Å². The fourth-order valence-electron chi connectivity index (χ4n) is 2.68. The summed E-state index contributed by atoms with van der Waals surface area (Å²) in [5, 5.41) is 2.81. The van der Waals surface area contributed by atoms with E-state index in [1.807, 2.05) is 22.7 Å². The van der Waals surface area contributed by atoms with E-state index < -0.39 is 0 Å². The smallest absolute Gasteiger partial charge is 0.0542 e. The molecule has 20 heavy (non-hydrogen) atoms. The molecule has 2 aromatic heterocycles. The average molecular weight is 294 g/mol. The highest BCUT2D eigenvalue weighted by atomic mass is 32.1. The van der Waals surface area contributed by atoms with Gasteiger partial charge in [-0.1, -0.05) is 36.4 Å². The number of allylic oxidation sites excluding steroid dienone is 1. The SMILES string of the molecule is CC=Cc1ccc2c(c1)sc1c3ccc(C)cc3sc21.